The van der Waals surface area contributed by atoms with Crippen LogP contribution in [0.25, 0.3) is 10.9 Å². The number of aromatic nitrogens is 1. The highest BCUT2D eigenvalue weighted by molar-refractivity contribution is 7.93. The second kappa shape index (κ2) is 6.93. The number of carbonyl (C=O) groups is 1. The second-order valence-corrected chi connectivity index (χ2v) is 7.69. The molecule has 0 bridgehead atoms. The van der Waals surface area contributed by atoms with Crippen LogP contribution in [0.5, 0.6) is 0 Å². The van der Waals surface area contributed by atoms with Crippen molar-refractivity contribution in [2.45, 2.75) is 11.8 Å². The van der Waals surface area contributed by atoms with E-state index in [1.54, 1.807) is 18.3 Å². The zero-order chi connectivity index (χ0) is 18.9. The average Bonchev–Trinajstić information content (AvgIpc) is 2.61. The van der Waals surface area contributed by atoms with Crippen molar-refractivity contribution >= 4 is 44.2 Å². The standard InChI is InChI=1S/C18H15ClN2O4S/c1-11-8-12-4-3-5-16(17(12)20-10-11)26(23,24)21-13-6-7-15(19)14(9-13)18(22)25-2/h3-10,21H,1-2H3. The van der Waals surface area contributed by atoms with Gasteiger partial charge in [0.1, 0.15) is 4.90 Å². The summed E-state index contributed by atoms with van der Waals surface area (Å²) in [4.78, 5) is 16.0. The molecule has 8 heteroatoms. The Bertz CT molecular complexity index is 1110. The maximum absolute atomic E-state index is 12.8. The van der Waals surface area contributed by atoms with Gasteiger partial charge in [-0.05, 0) is 42.8 Å². The number of methoxy groups -OCH3 is 1. The second-order valence-electron chi connectivity index (χ2n) is 5.63. The number of anilines is 1. The molecule has 3 aromatic rings. The molecular weight excluding hydrogens is 376 g/mol. The van der Waals surface area contributed by atoms with Gasteiger partial charge in [0.05, 0.1) is 23.2 Å². The number of nitrogens with zero attached hydrogens (tertiary/aromatic N) is 1. The summed E-state index contributed by atoms with van der Waals surface area (Å²) in [6.07, 6.45) is 1.61. The summed E-state index contributed by atoms with van der Waals surface area (Å²) in [5.41, 5.74) is 1.56. The molecule has 0 aliphatic rings. The molecule has 134 valence electrons. The highest BCUT2D eigenvalue weighted by atomic mass is 35.5. The topological polar surface area (TPSA) is 85.4 Å². The van der Waals surface area contributed by atoms with E-state index < -0.39 is 16.0 Å². The van der Waals surface area contributed by atoms with E-state index in [-0.39, 0.29) is 21.2 Å². The minimum absolute atomic E-state index is 0.0459. The number of halogens is 1. The molecule has 0 aliphatic heterocycles. The normalized spacial score (nSPS) is 11.3. The molecule has 3 rings (SSSR count). The zero-order valence-electron chi connectivity index (χ0n) is 14.0. The molecule has 0 spiro atoms. The molecule has 1 heterocycles. The molecule has 1 N–H and O–H groups in total. The van der Waals surface area contributed by atoms with Gasteiger partial charge in [0.2, 0.25) is 0 Å². The molecule has 0 saturated heterocycles. The first kappa shape index (κ1) is 18.2. The maximum atomic E-state index is 12.8. The number of rotatable bonds is 4. The van der Waals surface area contributed by atoms with E-state index >= 15 is 0 Å². The molecule has 0 atom stereocenters. The van der Waals surface area contributed by atoms with Crippen molar-refractivity contribution in [3.63, 3.8) is 0 Å². The lowest BCUT2D eigenvalue weighted by molar-refractivity contribution is 0.0601. The van der Waals surface area contributed by atoms with Crippen LogP contribution < -0.4 is 4.72 Å². The van der Waals surface area contributed by atoms with Gasteiger partial charge in [-0.1, -0.05) is 23.7 Å². The van der Waals surface area contributed by atoms with Crippen LogP contribution in [-0.2, 0) is 14.8 Å². The van der Waals surface area contributed by atoms with Gasteiger partial charge in [-0.3, -0.25) is 9.71 Å². The molecule has 0 aliphatic carbocycles. The number of nitrogens with one attached hydrogen (secondary N) is 1. The molecule has 0 unspecified atom stereocenters. The Morgan fingerprint density at radius 1 is 1.19 bits per heavy atom. The van der Waals surface area contributed by atoms with Crippen LogP contribution in [0.15, 0.2) is 53.6 Å². The number of para-hydroxylation sites is 1. The molecule has 2 aromatic carbocycles. The maximum Gasteiger partial charge on any atom is 0.339 e. The number of hydrogen-bond donors (Lipinski definition) is 1. The summed E-state index contributed by atoms with van der Waals surface area (Å²) in [7, 11) is -2.70. The van der Waals surface area contributed by atoms with Crippen LogP contribution in [0.4, 0.5) is 5.69 Å². The molecule has 26 heavy (non-hydrogen) atoms. The predicted molar refractivity (Wildman–Crippen MR) is 100 cm³/mol. The van der Waals surface area contributed by atoms with Crippen molar-refractivity contribution in [3.8, 4) is 0 Å². The number of aryl methyl sites for hydroxylation is 1. The number of pyridine rings is 1. The molecule has 1 aromatic heterocycles. The van der Waals surface area contributed by atoms with Crippen LogP contribution in [0, 0.1) is 6.92 Å². The first-order valence-electron chi connectivity index (χ1n) is 7.58. The largest absolute Gasteiger partial charge is 0.465 e. The number of fused-ring (bicyclic) bond motifs is 1. The molecule has 0 fully saturated rings. The summed E-state index contributed by atoms with van der Waals surface area (Å²) < 4.78 is 32.8. The van der Waals surface area contributed by atoms with E-state index in [0.29, 0.717) is 5.52 Å². The lowest BCUT2D eigenvalue weighted by Gasteiger charge is -2.11. The van der Waals surface area contributed by atoms with Gasteiger partial charge in [0.25, 0.3) is 10.0 Å². The Balaban J connectivity index is 2.04. The van der Waals surface area contributed by atoms with Gasteiger partial charge in [0, 0.05) is 17.3 Å². The lowest BCUT2D eigenvalue weighted by atomic mass is 10.2. The Labute approximate surface area is 155 Å². The van der Waals surface area contributed by atoms with Gasteiger partial charge < -0.3 is 4.74 Å². The number of esters is 1. The van der Waals surface area contributed by atoms with Gasteiger partial charge in [0.15, 0.2) is 0 Å². The van der Waals surface area contributed by atoms with Crippen LogP contribution >= 0.6 is 11.6 Å². The fourth-order valence-electron chi connectivity index (χ4n) is 2.52. The van der Waals surface area contributed by atoms with Crippen molar-refractivity contribution in [3.05, 3.63) is 64.8 Å². The Morgan fingerprint density at radius 3 is 2.69 bits per heavy atom. The van der Waals surface area contributed by atoms with Gasteiger partial charge in [-0.25, -0.2) is 13.2 Å². The Morgan fingerprint density at radius 2 is 1.96 bits per heavy atom. The third kappa shape index (κ3) is 3.49. The first-order valence-corrected chi connectivity index (χ1v) is 9.44. The van der Waals surface area contributed by atoms with E-state index in [9.17, 15) is 13.2 Å². The van der Waals surface area contributed by atoms with Crippen molar-refractivity contribution in [2.24, 2.45) is 0 Å². The number of ether oxygens (including phenoxy) is 1. The van der Waals surface area contributed by atoms with Crippen LogP contribution in [-0.4, -0.2) is 26.5 Å². The summed E-state index contributed by atoms with van der Waals surface area (Å²) in [6, 6.07) is 11.0. The third-order valence-electron chi connectivity index (χ3n) is 3.72. The number of carbonyl (C=O) groups excluding carboxylic acids is 1. The predicted octanol–water partition coefficient (Wildman–Crippen LogP) is 3.78. The number of benzene rings is 2. The van der Waals surface area contributed by atoms with Crippen molar-refractivity contribution in [1.29, 1.82) is 0 Å². The summed E-state index contributed by atoms with van der Waals surface area (Å²) in [6.45, 7) is 1.88. The van der Waals surface area contributed by atoms with E-state index in [4.69, 9.17) is 11.6 Å². The van der Waals surface area contributed by atoms with Crippen molar-refractivity contribution < 1.29 is 17.9 Å². The van der Waals surface area contributed by atoms with E-state index in [2.05, 4.69) is 14.4 Å². The summed E-state index contributed by atoms with van der Waals surface area (Å²) in [5, 5.41) is 0.890. The molecule has 6 nitrogen and oxygen atoms in total. The van der Waals surface area contributed by atoms with Gasteiger partial charge in [-0.2, -0.15) is 0 Å². The van der Waals surface area contributed by atoms with E-state index in [1.165, 1.54) is 31.4 Å². The van der Waals surface area contributed by atoms with Crippen LogP contribution in [0.2, 0.25) is 5.02 Å². The highest BCUT2D eigenvalue weighted by Crippen LogP contribution is 2.26. The zero-order valence-corrected chi connectivity index (χ0v) is 15.6. The molecule has 0 amide bonds. The smallest absolute Gasteiger partial charge is 0.339 e. The molecule has 0 saturated carbocycles. The van der Waals surface area contributed by atoms with Crippen LogP contribution in [0.1, 0.15) is 15.9 Å². The summed E-state index contributed by atoms with van der Waals surface area (Å²) in [5.74, 6) is -0.654. The summed E-state index contributed by atoms with van der Waals surface area (Å²) >= 11 is 5.96. The Kier molecular flexibility index (Phi) is 4.84. The lowest BCUT2D eigenvalue weighted by Crippen LogP contribution is -2.14. The average molecular weight is 391 g/mol. The number of hydrogen-bond acceptors (Lipinski definition) is 5. The quantitative estimate of drug-likeness (QED) is 0.685. The first-order chi connectivity index (χ1) is 12.3. The van der Waals surface area contributed by atoms with E-state index in [1.807, 2.05) is 13.0 Å². The highest BCUT2D eigenvalue weighted by Gasteiger charge is 2.20. The monoisotopic (exact) mass is 390 g/mol. The minimum atomic E-state index is -3.92. The van der Waals surface area contributed by atoms with Crippen molar-refractivity contribution in [2.75, 3.05) is 11.8 Å². The SMILES string of the molecule is COC(=O)c1cc(NS(=O)(=O)c2cccc3cc(C)cnc23)ccc1Cl. The van der Waals surface area contributed by atoms with E-state index in [0.717, 1.165) is 10.9 Å². The minimum Gasteiger partial charge on any atom is -0.465 e. The molecular formula is C18H15ClN2O4S. The van der Waals surface area contributed by atoms with Crippen molar-refractivity contribution in [1.82, 2.24) is 4.98 Å². The fraction of sp³-hybridized carbons (Fsp3) is 0.111. The molecule has 0 radical (unpaired) electrons. The fourth-order valence-corrected chi connectivity index (χ4v) is 3.95. The number of sulfonamides is 1. The van der Waals surface area contributed by atoms with Gasteiger partial charge >= 0.3 is 5.97 Å². The Hall–Kier alpha value is -2.64. The van der Waals surface area contributed by atoms with Crippen LogP contribution in [0.3, 0.4) is 0 Å². The van der Waals surface area contributed by atoms with Gasteiger partial charge in [-0.15, -0.1) is 0 Å². The third-order valence-corrected chi connectivity index (χ3v) is 5.47.